The first-order valence-corrected chi connectivity index (χ1v) is 8.80. The number of hydrogen-bond donors (Lipinski definition) is 1. The fourth-order valence-electron chi connectivity index (χ4n) is 3.26. The molecule has 3 rings (SSSR count). The van der Waals surface area contributed by atoms with Crippen molar-refractivity contribution in [3.63, 3.8) is 0 Å². The number of fused-ring (bicyclic) bond motifs is 1. The quantitative estimate of drug-likeness (QED) is 0.911. The minimum absolute atomic E-state index is 0.0148. The number of benzene rings is 1. The third-order valence-electron chi connectivity index (χ3n) is 4.69. The van der Waals surface area contributed by atoms with Crippen molar-refractivity contribution < 1.29 is 9.59 Å². The molecule has 2 heterocycles. The molecule has 1 aromatic carbocycles. The van der Waals surface area contributed by atoms with Crippen molar-refractivity contribution in [2.24, 2.45) is 11.3 Å². The summed E-state index contributed by atoms with van der Waals surface area (Å²) >= 11 is 0. The summed E-state index contributed by atoms with van der Waals surface area (Å²) in [5, 5.41) is 4.03. The van der Waals surface area contributed by atoms with Gasteiger partial charge in [0.2, 0.25) is 11.8 Å². The molecule has 0 saturated carbocycles. The van der Waals surface area contributed by atoms with Crippen LogP contribution in [-0.4, -0.2) is 34.8 Å². The molecule has 1 N–H and O–H groups in total. The number of pyridine rings is 1. The molecule has 1 aromatic heterocycles. The molecule has 1 aliphatic heterocycles. The van der Waals surface area contributed by atoms with E-state index in [0.29, 0.717) is 25.9 Å². The summed E-state index contributed by atoms with van der Waals surface area (Å²) in [7, 11) is 0. The maximum atomic E-state index is 12.6. The second-order valence-corrected chi connectivity index (χ2v) is 7.69. The molecule has 0 radical (unpaired) electrons. The van der Waals surface area contributed by atoms with E-state index in [2.05, 4.69) is 10.3 Å². The van der Waals surface area contributed by atoms with E-state index in [1.54, 1.807) is 6.20 Å². The average Bonchev–Trinajstić information content (AvgIpc) is 2.61. The van der Waals surface area contributed by atoms with Crippen molar-refractivity contribution in [1.29, 1.82) is 0 Å². The standard InChI is InChI=1S/C20H25N3O2/c1-20(2,3)19(25)23-12-9-15(10-13-23)18(24)22-16-8-4-6-14-7-5-11-21-17(14)16/h4-8,11,15H,9-10,12-13H2,1-3H3,(H,22,24). The molecule has 2 aromatic rings. The zero-order chi connectivity index (χ0) is 18.0. The highest BCUT2D eigenvalue weighted by Crippen LogP contribution is 2.26. The summed E-state index contributed by atoms with van der Waals surface area (Å²) in [6.45, 7) is 7.08. The van der Waals surface area contributed by atoms with Crippen LogP contribution in [-0.2, 0) is 9.59 Å². The van der Waals surface area contributed by atoms with E-state index in [4.69, 9.17) is 0 Å². The molecule has 5 nitrogen and oxygen atoms in total. The Morgan fingerprint density at radius 3 is 2.48 bits per heavy atom. The molecule has 2 amide bonds. The molecule has 132 valence electrons. The highest BCUT2D eigenvalue weighted by molar-refractivity contribution is 6.01. The van der Waals surface area contributed by atoms with Crippen LogP contribution in [0, 0.1) is 11.3 Å². The Morgan fingerprint density at radius 1 is 1.12 bits per heavy atom. The van der Waals surface area contributed by atoms with Crippen LogP contribution in [0.1, 0.15) is 33.6 Å². The molecule has 5 heteroatoms. The summed E-state index contributed by atoms with van der Waals surface area (Å²) in [6.07, 6.45) is 3.13. The monoisotopic (exact) mass is 339 g/mol. The van der Waals surface area contributed by atoms with Gasteiger partial charge in [-0.25, -0.2) is 0 Å². The van der Waals surface area contributed by atoms with E-state index in [1.807, 2.05) is 56.0 Å². The van der Waals surface area contributed by atoms with Crippen molar-refractivity contribution >= 4 is 28.4 Å². The van der Waals surface area contributed by atoms with Crippen LogP contribution in [0.2, 0.25) is 0 Å². The lowest BCUT2D eigenvalue weighted by Crippen LogP contribution is -2.45. The summed E-state index contributed by atoms with van der Waals surface area (Å²) in [6, 6.07) is 9.65. The molecule has 1 fully saturated rings. The average molecular weight is 339 g/mol. The van der Waals surface area contributed by atoms with Gasteiger partial charge >= 0.3 is 0 Å². The summed E-state index contributed by atoms with van der Waals surface area (Å²) < 4.78 is 0. The number of nitrogens with zero attached hydrogens (tertiary/aromatic N) is 2. The first kappa shape index (κ1) is 17.4. The fraction of sp³-hybridized carbons (Fsp3) is 0.450. The number of nitrogens with one attached hydrogen (secondary N) is 1. The van der Waals surface area contributed by atoms with Crippen molar-refractivity contribution in [3.05, 3.63) is 36.5 Å². The zero-order valence-corrected chi connectivity index (χ0v) is 15.1. The van der Waals surface area contributed by atoms with E-state index < -0.39 is 0 Å². The highest BCUT2D eigenvalue weighted by Gasteiger charge is 2.32. The van der Waals surface area contributed by atoms with Crippen LogP contribution >= 0.6 is 0 Å². The number of anilines is 1. The predicted molar refractivity (Wildman–Crippen MR) is 99.1 cm³/mol. The normalized spacial score (nSPS) is 16.0. The van der Waals surface area contributed by atoms with Gasteiger partial charge in [0.25, 0.3) is 0 Å². The molecule has 0 atom stereocenters. The fourth-order valence-corrected chi connectivity index (χ4v) is 3.26. The number of piperidine rings is 1. The van der Waals surface area contributed by atoms with Crippen molar-refractivity contribution in [2.75, 3.05) is 18.4 Å². The van der Waals surface area contributed by atoms with Gasteiger partial charge in [-0.15, -0.1) is 0 Å². The number of aromatic nitrogens is 1. The number of carbonyl (C=O) groups excluding carboxylic acids is 2. The number of rotatable bonds is 2. The maximum Gasteiger partial charge on any atom is 0.227 e. The van der Waals surface area contributed by atoms with Gasteiger partial charge in [0.1, 0.15) is 0 Å². The van der Waals surface area contributed by atoms with E-state index in [-0.39, 0.29) is 23.1 Å². The van der Waals surface area contributed by atoms with Gasteiger partial charge in [-0.3, -0.25) is 14.6 Å². The SMILES string of the molecule is CC(C)(C)C(=O)N1CCC(C(=O)Nc2cccc3cccnc23)CC1. The molecule has 0 aliphatic carbocycles. The van der Waals surface area contributed by atoms with Crippen LogP contribution in [0.15, 0.2) is 36.5 Å². The van der Waals surface area contributed by atoms with E-state index >= 15 is 0 Å². The van der Waals surface area contributed by atoms with Gasteiger partial charge in [0.15, 0.2) is 0 Å². The Morgan fingerprint density at radius 2 is 1.80 bits per heavy atom. The van der Waals surface area contributed by atoms with E-state index in [1.165, 1.54) is 0 Å². The van der Waals surface area contributed by atoms with Gasteiger partial charge in [-0.1, -0.05) is 39.0 Å². The van der Waals surface area contributed by atoms with Gasteiger partial charge in [-0.2, -0.15) is 0 Å². The largest absolute Gasteiger partial charge is 0.342 e. The number of hydrogen-bond acceptors (Lipinski definition) is 3. The second-order valence-electron chi connectivity index (χ2n) is 7.69. The Kier molecular flexibility index (Phi) is 4.75. The Balaban J connectivity index is 1.64. The zero-order valence-electron chi connectivity index (χ0n) is 15.1. The number of likely N-dealkylation sites (tertiary alicyclic amines) is 1. The maximum absolute atomic E-state index is 12.6. The van der Waals surface area contributed by atoms with Gasteiger partial charge in [0, 0.05) is 36.0 Å². The first-order valence-electron chi connectivity index (χ1n) is 8.80. The van der Waals surface area contributed by atoms with Gasteiger partial charge < -0.3 is 10.2 Å². The van der Waals surface area contributed by atoms with Gasteiger partial charge in [0.05, 0.1) is 11.2 Å². The summed E-state index contributed by atoms with van der Waals surface area (Å²) in [5.41, 5.74) is 1.18. The predicted octanol–water partition coefficient (Wildman–Crippen LogP) is 3.46. The third-order valence-corrected chi connectivity index (χ3v) is 4.69. The van der Waals surface area contributed by atoms with E-state index in [9.17, 15) is 9.59 Å². The van der Waals surface area contributed by atoms with Crippen molar-refractivity contribution in [3.8, 4) is 0 Å². The molecule has 25 heavy (non-hydrogen) atoms. The topological polar surface area (TPSA) is 62.3 Å². The third kappa shape index (κ3) is 3.81. The molecule has 1 aliphatic rings. The molecule has 0 spiro atoms. The lowest BCUT2D eigenvalue weighted by Gasteiger charge is -2.35. The second kappa shape index (κ2) is 6.82. The number of para-hydroxylation sites is 1. The van der Waals surface area contributed by atoms with Crippen LogP contribution in [0.5, 0.6) is 0 Å². The molecule has 1 saturated heterocycles. The Bertz CT molecular complexity index is 782. The van der Waals surface area contributed by atoms with Crippen molar-refractivity contribution in [1.82, 2.24) is 9.88 Å². The highest BCUT2D eigenvalue weighted by atomic mass is 16.2. The Hall–Kier alpha value is -2.43. The lowest BCUT2D eigenvalue weighted by atomic mass is 9.90. The van der Waals surface area contributed by atoms with Crippen LogP contribution in [0.25, 0.3) is 10.9 Å². The summed E-state index contributed by atoms with van der Waals surface area (Å²) in [5.74, 6) is 0.105. The van der Waals surface area contributed by atoms with Crippen LogP contribution < -0.4 is 5.32 Å². The molecule has 0 bridgehead atoms. The molecule has 0 unspecified atom stereocenters. The molecular formula is C20H25N3O2. The Labute approximate surface area is 148 Å². The van der Waals surface area contributed by atoms with E-state index in [0.717, 1.165) is 16.6 Å². The van der Waals surface area contributed by atoms with Crippen LogP contribution in [0.4, 0.5) is 5.69 Å². The first-order chi connectivity index (χ1) is 11.9. The number of amides is 2. The van der Waals surface area contributed by atoms with Crippen LogP contribution in [0.3, 0.4) is 0 Å². The molecular weight excluding hydrogens is 314 g/mol. The minimum Gasteiger partial charge on any atom is -0.342 e. The minimum atomic E-state index is -0.371. The van der Waals surface area contributed by atoms with Gasteiger partial charge in [-0.05, 0) is 25.0 Å². The van der Waals surface area contributed by atoms with Crippen molar-refractivity contribution in [2.45, 2.75) is 33.6 Å². The smallest absolute Gasteiger partial charge is 0.227 e. The summed E-state index contributed by atoms with van der Waals surface area (Å²) in [4.78, 5) is 31.2. The number of carbonyl (C=O) groups is 2. The lowest BCUT2D eigenvalue weighted by molar-refractivity contribution is -0.142.